The Balaban J connectivity index is 1.32. The maximum Gasteiger partial charge on any atom is 0.254 e. The summed E-state index contributed by atoms with van der Waals surface area (Å²) in [7, 11) is 0. The number of nitriles is 1. The van der Waals surface area contributed by atoms with Gasteiger partial charge < -0.3 is 4.90 Å². The summed E-state index contributed by atoms with van der Waals surface area (Å²) in [5.74, 6) is 0.561. The molecule has 7 heteroatoms. The van der Waals surface area contributed by atoms with Crippen LogP contribution in [0.1, 0.15) is 65.8 Å². The van der Waals surface area contributed by atoms with Crippen LogP contribution in [-0.2, 0) is 6.54 Å². The van der Waals surface area contributed by atoms with E-state index in [0.717, 1.165) is 54.8 Å². The standard InChI is InChI=1S/C25H28N6O/c1-17(2)31-24-22(15-27-31)21(13-23(28-24)20-7-8-20)25(32)30-11-9-29(10-12-30)16-19-5-3-18(14-26)4-6-19/h3-6,13,15,17,20H,7-12,16H2,1-2H3. The molecule has 7 nitrogen and oxygen atoms in total. The smallest absolute Gasteiger partial charge is 0.254 e. The molecule has 0 radical (unpaired) electrons. The second-order valence-corrected chi connectivity index (χ2v) is 9.17. The molecule has 5 rings (SSSR count). The van der Waals surface area contributed by atoms with Gasteiger partial charge in [-0.25, -0.2) is 9.67 Å². The molecule has 3 aromatic rings. The van der Waals surface area contributed by atoms with E-state index in [1.165, 1.54) is 5.56 Å². The molecular weight excluding hydrogens is 400 g/mol. The molecule has 0 spiro atoms. The minimum atomic E-state index is 0.0839. The number of carbonyl (C=O) groups excluding carboxylic acids is 1. The summed E-state index contributed by atoms with van der Waals surface area (Å²) >= 11 is 0. The number of amides is 1. The Labute approximate surface area is 188 Å². The lowest BCUT2D eigenvalue weighted by molar-refractivity contribution is 0.0630. The first-order valence-corrected chi connectivity index (χ1v) is 11.4. The number of hydrogen-bond acceptors (Lipinski definition) is 5. The van der Waals surface area contributed by atoms with Crippen molar-refractivity contribution in [3.8, 4) is 6.07 Å². The number of fused-ring (bicyclic) bond motifs is 1. The second kappa shape index (κ2) is 8.36. The topological polar surface area (TPSA) is 78.0 Å². The predicted molar refractivity (Wildman–Crippen MR) is 122 cm³/mol. The molecule has 2 fully saturated rings. The van der Waals surface area contributed by atoms with E-state index in [1.807, 2.05) is 39.9 Å². The van der Waals surface area contributed by atoms with Gasteiger partial charge in [-0.1, -0.05) is 12.1 Å². The fourth-order valence-electron chi connectivity index (χ4n) is 4.40. The first kappa shape index (κ1) is 20.7. The normalized spacial score (nSPS) is 17.1. The zero-order valence-electron chi connectivity index (χ0n) is 18.7. The maximum absolute atomic E-state index is 13.5. The predicted octanol–water partition coefficient (Wildman–Crippen LogP) is 3.72. The second-order valence-electron chi connectivity index (χ2n) is 9.17. The van der Waals surface area contributed by atoms with Gasteiger partial charge >= 0.3 is 0 Å². The van der Waals surface area contributed by atoms with Crippen molar-refractivity contribution >= 4 is 16.9 Å². The molecule has 0 N–H and O–H groups in total. The average molecular weight is 429 g/mol. The largest absolute Gasteiger partial charge is 0.336 e. The average Bonchev–Trinajstić information content (AvgIpc) is 3.57. The molecule has 2 aliphatic rings. The zero-order chi connectivity index (χ0) is 22.2. The zero-order valence-corrected chi connectivity index (χ0v) is 18.7. The Bertz CT molecular complexity index is 1180. The summed E-state index contributed by atoms with van der Waals surface area (Å²) in [5.41, 5.74) is 4.47. The Morgan fingerprint density at radius 1 is 1.16 bits per heavy atom. The van der Waals surface area contributed by atoms with Crippen LogP contribution in [0.5, 0.6) is 0 Å². The summed E-state index contributed by atoms with van der Waals surface area (Å²) in [6.45, 7) is 8.09. The van der Waals surface area contributed by atoms with E-state index >= 15 is 0 Å². The fraction of sp³-hybridized carbons (Fsp3) is 0.440. The van der Waals surface area contributed by atoms with Crippen molar-refractivity contribution in [2.45, 2.75) is 45.2 Å². The first-order chi connectivity index (χ1) is 15.5. The molecule has 1 aliphatic carbocycles. The number of aromatic nitrogens is 3. The minimum absolute atomic E-state index is 0.0839. The summed E-state index contributed by atoms with van der Waals surface area (Å²) in [6, 6.07) is 12.1. The Hall–Kier alpha value is -3.24. The van der Waals surface area contributed by atoms with Crippen LogP contribution >= 0.6 is 0 Å². The number of pyridine rings is 1. The van der Waals surface area contributed by atoms with E-state index in [-0.39, 0.29) is 11.9 Å². The highest BCUT2D eigenvalue weighted by Gasteiger charge is 2.30. The Kier molecular flexibility index (Phi) is 5.40. The molecular formula is C25H28N6O. The van der Waals surface area contributed by atoms with Crippen molar-refractivity contribution in [1.29, 1.82) is 5.26 Å². The van der Waals surface area contributed by atoms with Crippen LogP contribution in [0.15, 0.2) is 36.5 Å². The summed E-state index contributed by atoms with van der Waals surface area (Å²) < 4.78 is 1.92. The lowest BCUT2D eigenvalue weighted by atomic mass is 10.1. The van der Waals surface area contributed by atoms with Crippen LogP contribution in [-0.4, -0.2) is 56.7 Å². The molecule has 1 aromatic carbocycles. The number of carbonyl (C=O) groups is 1. The molecule has 32 heavy (non-hydrogen) atoms. The van der Waals surface area contributed by atoms with Crippen molar-refractivity contribution in [3.63, 3.8) is 0 Å². The van der Waals surface area contributed by atoms with Crippen molar-refractivity contribution in [3.05, 3.63) is 58.9 Å². The molecule has 1 saturated carbocycles. The third kappa shape index (κ3) is 3.98. The lowest BCUT2D eigenvalue weighted by Crippen LogP contribution is -2.48. The van der Waals surface area contributed by atoms with Crippen LogP contribution in [0.3, 0.4) is 0 Å². The van der Waals surface area contributed by atoms with E-state index < -0.39 is 0 Å². The molecule has 0 atom stereocenters. The lowest BCUT2D eigenvalue weighted by Gasteiger charge is -2.35. The summed E-state index contributed by atoms with van der Waals surface area (Å²) in [4.78, 5) is 22.7. The van der Waals surface area contributed by atoms with Gasteiger partial charge in [0.25, 0.3) is 5.91 Å². The van der Waals surface area contributed by atoms with Crippen molar-refractivity contribution in [1.82, 2.24) is 24.6 Å². The summed E-state index contributed by atoms with van der Waals surface area (Å²) in [6.07, 6.45) is 4.10. The molecule has 0 unspecified atom stereocenters. The fourth-order valence-corrected chi connectivity index (χ4v) is 4.40. The van der Waals surface area contributed by atoms with Gasteiger partial charge in [0.1, 0.15) is 0 Å². The van der Waals surface area contributed by atoms with Gasteiger partial charge in [-0.3, -0.25) is 9.69 Å². The highest BCUT2D eigenvalue weighted by Crippen LogP contribution is 2.40. The van der Waals surface area contributed by atoms with E-state index in [4.69, 9.17) is 10.2 Å². The van der Waals surface area contributed by atoms with Crippen molar-refractivity contribution in [2.24, 2.45) is 0 Å². The van der Waals surface area contributed by atoms with Gasteiger partial charge in [0.15, 0.2) is 5.65 Å². The van der Waals surface area contributed by atoms with E-state index in [9.17, 15) is 4.79 Å². The molecule has 3 heterocycles. The molecule has 164 valence electrons. The maximum atomic E-state index is 13.5. The van der Waals surface area contributed by atoms with Crippen molar-refractivity contribution in [2.75, 3.05) is 26.2 Å². The van der Waals surface area contributed by atoms with Crippen LogP contribution in [0.25, 0.3) is 11.0 Å². The van der Waals surface area contributed by atoms with Gasteiger partial charge in [0, 0.05) is 50.4 Å². The van der Waals surface area contributed by atoms with Gasteiger partial charge in [0.2, 0.25) is 0 Å². The van der Waals surface area contributed by atoms with Gasteiger partial charge in [-0.05, 0) is 50.5 Å². The van der Waals surface area contributed by atoms with Gasteiger partial charge in [-0.2, -0.15) is 10.4 Å². The number of piperazine rings is 1. The Morgan fingerprint density at radius 3 is 2.50 bits per heavy atom. The van der Waals surface area contributed by atoms with Gasteiger partial charge in [-0.15, -0.1) is 0 Å². The van der Waals surface area contributed by atoms with Crippen LogP contribution in [0, 0.1) is 11.3 Å². The molecule has 1 amide bonds. The van der Waals surface area contributed by atoms with Crippen LogP contribution in [0.2, 0.25) is 0 Å². The molecule has 0 bridgehead atoms. The SMILES string of the molecule is CC(C)n1ncc2c(C(=O)N3CCN(Cc4ccc(C#N)cc4)CC3)cc(C3CC3)nc21. The quantitative estimate of drug-likeness (QED) is 0.619. The van der Waals surface area contributed by atoms with Gasteiger partial charge in [0.05, 0.1) is 28.8 Å². The third-order valence-electron chi connectivity index (χ3n) is 6.45. The monoisotopic (exact) mass is 428 g/mol. The number of hydrogen-bond donors (Lipinski definition) is 0. The van der Waals surface area contributed by atoms with E-state index in [2.05, 4.69) is 29.9 Å². The number of nitrogens with zero attached hydrogens (tertiary/aromatic N) is 6. The minimum Gasteiger partial charge on any atom is -0.336 e. The van der Waals surface area contributed by atoms with E-state index in [0.29, 0.717) is 24.6 Å². The highest BCUT2D eigenvalue weighted by atomic mass is 16.2. The third-order valence-corrected chi connectivity index (χ3v) is 6.45. The van der Waals surface area contributed by atoms with Crippen LogP contribution < -0.4 is 0 Å². The number of benzene rings is 1. The highest BCUT2D eigenvalue weighted by molar-refractivity contribution is 6.05. The van der Waals surface area contributed by atoms with Crippen molar-refractivity contribution < 1.29 is 4.79 Å². The molecule has 1 saturated heterocycles. The summed E-state index contributed by atoms with van der Waals surface area (Å²) in [5, 5.41) is 14.3. The molecule has 1 aliphatic heterocycles. The number of rotatable bonds is 5. The molecule has 2 aromatic heterocycles. The van der Waals surface area contributed by atoms with E-state index in [1.54, 1.807) is 6.20 Å². The van der Waals surface area contributed by atoms with Crippen LogP contribution in [0.4, 0.5) is 0 Å². The Morgan fingerprint density at radius 2 is 1.88 bits per heavy atom. The first-order valence-electron chi connectivity index (χ1n) is 11.4.